The van der Waals surface area contributed by atoms with Crippen molar-refractivity contribution in [1.82, 2.24) is 14.7 Å². The Balaban J connectivity index is 2.48. The first-order valence-corrected chi connectivity index (χ1v) is 9.08. The lowest BCUT2D eigenvalue weighted by Crippen LogP contribution is -2.34. The molecule has 0 aliphatic heterocycles. The van der Waals surface area contributed by atoms with Crippen molar-refractivity contribution in [1.29, 1.82) is 0 Å². The van der Waals surface area contributed by atoms with Crippen molar-refractivity contribution in [3.05, 3.63) is 36.0 Å². The topological polar surface area (TPSA) is 81.5 Å². The van der Waals surface area contributed by atoms with Crippen LogP contribution in [0.3, 0.4) is 0 Å². The van der Waals surface area contributed by atoms with Crippen LogP contribution < -0.4 is 4.74 Å². The highest BCUT2D eigenvalue weighted by molar-refractivity contribution is 7.91. The Kier molecular flexibility index (Phi) is 5.28. The molecule has 0 atom stereocenters. The van der Waals surface area contributed by atoms with Crippen molar-refractivity contribution >= 4 is 15.9 Å². The second kappa shape index (κ2) is 7.04. The smallest absolute Gasteiger partial charge is 0.344 e. The highest BCUT2D eigenvalue weighted by Crippen LogP contribution is 2.31. The summed E-state index contributed by atoms with van der Waals surface area (Å²) >= 11 is 0. The number of aryl methyl sites for hydroxylation is 1. The predicted molar refractivity (Wildman–Crippen MR) is 89.1 cm³/mol. The molecule has 0 saturated carbocycles. The SMILES string of the molecule is CCN(CC)C(=O)n1ccc(S(=O)(=O)c2c(C)cccc2OC)n1. The van der Waals surface area contributed by atoms with Crippen LogP contribution in [0, 0.1) is 6.92 Å². The first-order valence-electron chi connectivity index (χ1n) is 7.60. The standard InChI is InChI=1S/C16H21N3O4S/c1-5-18(6-2)16(20)19-11-10-14(17-19)24(21,22)15-12(3)8-7-9-13(15)23-4/h7-11H,5-6H2,1-4H3. The van der Waals surface area contributed by atoms with Crippen molar-refractivity contribution in [2.24, 2.45) is 0 Å². The van der Waals surface area contributed by atoms with Gasteiger partial charge in [0.25, 0.3) is 0 Å². The molecular weight excluding hydrogens is 330 g/mol. The molecular formula is C16H21N3O4S. The number of aromatic nitrogens is 2. The van der Waals surface area contributed by atoms with E-state index in [0.29, 0.717) is 18.7 Å². The van der Waals surface area contributed by atoms with Gasteiger partial charge in [0.1, 0.15) is 10.6 Å². The fourth-order valence-corrected chi connectivity index (χ4v) is 3.98. The summed E-state index contributed by atoms with van der Waals surface area (Å²) in [5, 5.41) is 3.79. The summed E-state index contributed by atoms with van der Waals surface area (Å²) in [6.07, 6.45) is 1.36. The number of nitrogens with zero attached hydrogens (tertiary/aromatic N) is 3. The van der Waals surface area contributed by atoms with E-state index >= 15 is 0 Å². The molecule has 0 unspecified atom stereocenters. The molecule has 2 aromatic rings. The van der Waals surface area contributed by atoms with Gasteiger partial charge in [-0.25, -0.2) is 13.2 Å². The number of ether oxygens (including phenoxy) is 1. The zero-order valence-corrected chi connectivity index (χ0v) is 15.0. The van der Waals surface area contributed by atoms with Crippen molar-refractivity contribution in [3.63, 3.8) is 0 Å². The average molecular weight is 351 g/mol. The van der Waals surface area contributed by atoms with Crippen LogP contribution >= 0.6 is 0 Å². The molecule has 0 radical (unpaired) electrons. The van der Waals surface area contributed by atoms with Gasteiger partial charge in [-0.2, -0.15) is 9.78 Å². The van der Waals surface area contributed by atoms with Gasteiger partial charge >= 0.3 is 6.03 Å². The number of hydrogen-bond donors (Lipinski definition) is 0. The number of carbonyl (C=O) groups excluding carboxylic acids is 1. The maximum absolute atomic E-state index is 12.9. The second-order valence-corrected chi connectivity index (χ2v) is 7.00. The molecule has 1 aromatic carbocycles. The minimum atomic E-state index is -3.89. The van der Waals surface area contributed by atoms with Crippen LogP contribution in [0.15, 0.2) is 40.4 Å². The molecule has 8 heteroatoms. The van der Waals surface area contributed by atoms with E-state index in [1.165, 1.54) is 19.4 Å². The van der Waals surface area contributed by atoms with Crippen molar-refractivity contribution in [2.75, 3.05) is 20.2 Å². The minimum absolute atomic E-state index is 0.0630. The van der Waals surface area contributed by atoms with E-state index in [2.05, 4.69) is 5.10 Å². The number of sulfone groups is 1. The van der Waals surface area contributed by atoms with Gasteiger partial charge in [0.15, 0.2) is 5.03 Å². The second-order valence-electron chi connectivity index (χ2n) is 5.16. The maximum atomic E-state index is 12.9. The van der Waals surface area contributed by atoms with Crippen LogP contribution in [-0.2, 0) is 9.84 Å². The highest BCUT2D eigenvalue weighted by atomic mass is 32.2. The monoisotopic (exact) mass is 351 g/mol. The largest absolute Gasteiger partial charge is 0.495 e. The van der Waals surface area contributed by atoms with Gasteiger partial charge in [-0.05, 0) is 38.5 Å². The molecule has 2 rings (SSSR count). The first kappa shape index (κ1) is 18.0. The van der Waals surface area contributed by atoms with Gasteiger partial charge in [0, 0.05) is 19.3 Å². The number of methoxy groups -OCH3 is 1. The van der Waals surface area contributed by atoms with E-state index in [-0.39, 0.29) is 21.7 Å². The summed E-state index contributed by atoms with van der Waals surface area (Å²) in [7, 11) is -2.48. The third-order valence-corrected chi connectivity index (χ3v) is 5.56. The van der Waals surface area contributed by atoms with E-state index in [9.17, 15) is 13.2 Å². The zero-order chi connectivity index (χ0) is 17.9. The Morgan fingerprint density at radius 3 is 2.50 bits per heavy atom. The van der Waals surface area contributed by atoms with Gasteiger partial charge < -0.3 is 9.64 Å². The maximum Gasteiger partial charge on any atom is 0.344 e. The normalized spacial score (nSPS) is 11.3. The predicted octanol–water partition coefficient (Wildman–Crippen LogP) is 2.34. The lowest BCUT2D eigenvalue weighted by Gasteiger charge is -2.17. The van der Waals surface area contributed by atoms with E-state index in [1.54, 1.807) is 30.0 Å². The van der Waals surface area contributed by atoms with Crippen LogP contribution in [0.25, 0.3) is 0 Å². The fourth-order valence-electron chi connectivity index (χ4n) is 2.43. The molecule has 7 nitrogen and oxygen atoms in total. The molecule has 0 fully saturated rings. The average Bonchev–Trinajstić information content (AvgIpc) is 3.06. The lowest BCUT2D eigenvalue weighted by atomic mass is 10.2. The molecule has 0 aliphatic carbocycles. The van der Waals surface area contributed by atoms with Gasteiger partial charge in [0.05, 0.1) is 7.11 Å². The lowest BCUT2D eigenvalue weighted by molar-refractivity contribution is 0.201. The van der Waals surface area contributed by atoms with Gasteiger partial charge in [0.2, 0.25) is 9.84 Å². The Hall–Kier alpha value is -2.35. The number of benzene rings is 1. The number of amides is 1. The van der Waals surface area contributed by atoms with E-state index in [0.717, 1.165) is 4.68 Å². The van der Waals surface area contributed by atoms with E-state index in [4.69, 9.17) is 4.74 Å². The van der Waals surface area contributed by atoms with E-state index < -0.39 is 9.84 Å². The van der Waals surface area contributed by atoms with E-state index in [1.807, 2.05) is 13.8 Å². The summed E-state index contributed by atoms with van der Waals surface area (Å²) in [6, 6.07) is 5.95. The van der Waals surface area contributed by atoms with Crippen LogP contribution in [-0.4, -0.2) is 49.3 Å². The molecule has 1 aromatic heterocycles. The van der Waals surface area contributed by atoms with Crippen LogP contribution in [0.2, 0.25) is 0 Å². The van der Waals surface area contributed by atoms with Crippen molar-refractivity contribution < 1.29 is 17.9 Å². The first-order chi connectivity index (χ1) is 11.4. The molecule has 0 spiro atoms. The van der Waals surface area contributed by atoms with Gasteiger partial charge in [-0.1, -0.05) is 12.1 Å². The molecule has 0 saturated heterocycles. The Morgan fingerprint density at radius 1 is 1.25 bits per heavy atom. The number of carbonyl (C=O) groups is 1. The zero-order valence-electron chi connectivity index (χ0n) is 14.2. The third kappa shape index (κ3) is 3.14. The van der Waals surface area contributed by atoms with Gasteiger partial charge in [-0.3, -0.25) is 0 Å². The molecule has 130 valence electrons. The Morgan fingerprint density at radius 2 is 1.92 bits per heavy atom. The molecule has 24 heavy (non-hydrogen) atoms. The van der Waals surface area contributed by atoms with Gasteiger partial charge in [-0.15, -0.1) is 0 Å². The van der Waals surface area contributed by atoms with Crippen molar-refractivity contribution in [2.45, 2.75) is 30.7 Å². The summed E-state index contributed by atoms with van der Waals surface area (Å²) in [5.41, 5.74) is 0.555. The third-order valence-electron chi connectivity index (χ3n) is 3.73. The number of rotatable bonds is 5. The molecule has 0 aliphatic rings. The van der Waals surface area contributed by atoms with Crippen LogP contribution in [0.1, 0.15) is 19.4 Å². The summed E-state index contributed by atoms with van der Waals surface area (Å²) in [4.78, 5) is 13.9. The quantitative estimate of drug-likeness (QED) is 0.826. The summed E-state index contributed by atoms with van der Waals surface area (Å²) in [6.45, 7) is 6.42. The minimum Gasteiger partial charge on any atom is -0.495 e. The molecule has 0 bridgehead atoms. The molecule has 1 amide bonds. The summed E-state index contributed by atoms with van der Waals surface area (Å²) < 4.78 is 32.0. The van der Waals surface area contributed by atoms with Crippen LogP contribution in [0.4, 0.5) is 4.79 Å². The van der Waals surface area contributed by atoms with Crippen molar-refractivity contribution in [3.8, 4) is 5.75 Å². The Bertz CT molecular complexity index is 839. The fraction of sp³-hybridized carbons (Fsp3) is 0.375. The Labute approximate surface area is 141 Å². The highest BCUT2D eigenvalue weighted by Gasteiger charge is 2.27. The summed E-state index contributed by atoms with van der Waals surface area (Å²) in [5.74, 6) is 0.250. The van der Waals surface area contributed by atoms with Crippen LogP contribution in [0.5, 0.6) is 5.75 Å². The molecule has 0 N–H and O–H groups in total. The molecule has 1 heterocycles. The number of hydrogen-bond acceptors (Lipinski definition) is 5.